The van der Waals surface area contributed by atoms with Crippen LogP contribution in [0, 0.1) is 11.8 Å². The number of likely N-dealkylation sites (tertiary alicyclic amines) is 1. The minimum atomic E-state index is -0.0771. The van der Waals surface area contributed by atoms with Gasteiger partial charge in [0, 0.05) is 43.4 Å². The molecule has 126 valence electrons. The summed E-state index contributed by atoms with van der Waals surface area (Å²) in [6.07, 6.45) is 8.26. The van der Waals surface area contributed by atoms with Crippen LogP contribution in [-0.4, -0.2) is 34.8 Å². The van der Waals surface area contributed by atoms with Crippen molar-refractivity contribution >= 4 is 23.2 Å². The highest BCUT2D eigenvalue weighted by Crippen LogP contribution is 2.33. The van der Waals surface area contributed by atoms with E-state index in [0.29, 0.717) is 5.91 Å². The number of nitrogens with one attached hydrogen (secondary N) is 1. The summed E-state index contributed by atoms with van der Waals surface area (Å²) in [4.78, 5) is 30.7. The quantitative estimate of drug-likeness (QED) is 0.920. The van der Waals surface area contributed by atoms with Crippen molar-refractivity contribution in [1.82, 2.24) is 15.2 Å². The van der Waals surface area contributed by atoms with E-state index in [4.69, 9.17) is 0 Å². The van der Waals surface area contributed by atoms with Crippen LogP contribution in [0.4, 0.5) is 0 Å². The van der Waals surface area contributed by atoms with Gasteiger partial charge in [0.15, 0.2) is 0 Å². The van der Waals surface area contributed by atoms with Crippen molar-refractivity contribution in [2.24, 2.45) is 11.8 Å². The molecule has 1 aliphatic carbocycles. The van der Waals surface area contributed by atoms with E-state index in [2.05, 4.69) is 10.3 Å². The number of carbonyl (C=O) groups is 2. The summed E-state index contributed by atoms with van der Waals surface area (Å²) in [5.41, 5.74) is 0. The van der Waals surface area contributed by atoms with Gasteiger partial charge in [-0.1, -0.05) is 12.8 Å². The van der Waals surface area contributed by atoms with E-state index in [1.807, 2.05) is 10.3 Å². The highest BCUT2D eigenvalue weighted by atomic mass is 32.1. The summed E-state index contributed by atoms with van der Waals surface area (Å²) >= 11 is 1.57. The molecule has 23 heavy (non-hydrogen) atoms. The molecule has 1 N–H and O–H groups in total. The number of rotatable bonds is 4. The van der Waals surface area contributed by atoms with Crippen LogP contribution >= 0.6 is 11.3 Å². The Bertz CT molecular complexity index is 540. The summed E-state index contributed by atoms with van der Waals surface area (Å²) in [5, 5.41) is 5.94. The highest BCUT2D eigenvalue weighted by molar-refractivity contribution is 7.09. The van der Waals surface area contributed by atoms with Crippen LogP contribution in [0.15, 0.2) is 11.6 Å². The van der Waals surface area contributed by atoms with E-state index >= 15 is 0 Å². The van der Waals surface area contributed by atoms with Gasteiger partial charge in [-0.2, -0.15) is 0 Å². The van der Waals surface area contributed by atoms with Crippen molar-refractivity contribution < 1.29 is 9.59 Å². The predicted octanol–water partition coefficient (Wildman–Crippen LogP) is 2.75. The molecule has 0 unspecified atom stereocenters. The van der Waals surface area contributed by atoms with E-state index in [-0.39, 0.29) is 23.8 Å². The van der Waals surface area contributed by atoms with Crippen LogP contribution < -0.4 is 5.32 Å². The normalized spacial score (nSPS) is 23.7. The molecule has 0 bridgehead atoms. The molecular weight excluding hydrogens is 310 g/mol. The Labute approximate surface area is 141 Å². The molecule has 3 rings (SSSR count). The van der Waals surface area contributed by atoms with Gasteiger partial charge in [-0.25, -0.2) is 4.98 Å². The van der Waals surface area contributed by atoms with Gasteiger partial charge in [-0.3, -0.25) is 9.59 Å². The van der Waals surface area contributed by atoms with Gasteiger partial charge < -0.3 is 10.2 Å². The van der Waals surface area contributed by atoms with Crippen LogP contribution in [0.1, 0.15) is 56.5 Å². The number of aromatic nitrogens is 1. The number of hydrogen-bond acceptors (Lipinski definition) is 4. The van der Waals surface area contributed by atoms with Gasteiger partial charge in [0.05, 0.1) is 6.04 Å². The van der Waals surface area contributed by atoms with E-state index < -0.39 is 0 Å². The molecule has 1 aliphatic heterocycles. The summed E-state index contributed by atoms with van der Waals surface area (Å²) in [6.45, 7) is 3.14. The van der Waals surface area contributed by atoms with Crippen LogP contribution in [0.2, 0.25) is 0 Å². The third-order valence-electron chi connectivity index (χ3n) is 5.02. The number of amides is 2. The predicted molar refractivity (Wildman–Crippen MR) is 89.9 cm³/mol. The van der Waals surface area contributed by atoms with Gasteiger partial charge in [-0.05, 0) is 25.7 Å². The van der Waals surface area contributed by atoms with Crippen molar-refractivity contribution in [2.45, 2.75) is 51.5 Å². The lowest BCUT2D eigenvalue weighted by Gasteiger charge is -2.37. The Morgan fingerprint density at radius 2 is 2.09 bits per heavy atom. The highest BCUT2D eigenvalue weighted by Gasteiger charge is 2.35. The number of hydrogen-bond donors (Lipinski definition) is 1. The lowest BCUT2D eigenvalue weighted by Crippen LogP contribution is -2.46. The summed E-state index contributed by atoms with van der Waals surface area (Å²) in [5.74, 6) is 0.773. The molecule has 2 amide bonds. The Morgan fingerprint density at radius 1 is 1.30 bits per heavy atom. The second-order valence-electron chi connectivity index (χ2n) is 6.72. The molecule has 5 nitrogen and oxygen atoms in total. The molecule has 1 saturated carbocycles. The molecule has 2 aliphatic rings. The largest absolute Gasteiger partial charge is 0.347 e. The minimum absolute atomic E-state index is 0.0376. The maximum Gasteiger partial charge on any atom is 0.225 e. The Morgan fingerprint density at radius 3 is 2.74 bits per heavy atom. The third kappa shape index (κ3) is 3.91. The fourth-order valence-corrected chi connectivity index (χ4v) is 4.68. The SMILES string of the molecule is CC(=O)N[C@H](c1nccs1)[C@H]1CCCN(C(=O)C2CCCC2)C1. The first-order valence-electron chi connectivity index (χ1n) is 8.60. The Kier molecular flexibility index (Phi) is 5.30. The van der Waals surface area contributed by atoms with Crippen LogP contribution in [0.5, 0.6) is 0 Å². The molecule has 2 fully saturated rings. The maximum atomic E-state index is 12.7. The van der Waals surface area contributed by atoms with Crippen molar-refractivity contribution in [3.8, 4) is 0 Å². The average Bonchev–Trinajstić information content (AvgIpc) is 3.25. The monoisotopic (exact) mass is 335 g/mol. The maximum absolute atomic E-state index is 12.7. The van der Waals surface area contributed by atoms with E-state index in [9.17, 15) is 9.59 Å². The summed E-state index contributed by atoms with van der Waals surface area (Å²) < 4.78 is 0. The zero-order valence-electron chi connectivity index (χ0n) is 13.7. The smallest absolute Gasteiger partial charge is 0.225 e. The zero-order valence-corrected chi connectivity index (χ0v) is 14.5. The minimum Gasteiger partial charge on any atom is -0.347 e. The summed E-state index contributed by atoms with van der Waals surface area (Å²) in [6, 6.07) is -0.0771. The molecule has 1 saturated heterocycles. The molecule has 2 heterocycles. The van der Waals surface area contributed by atoms with Crippen molar-refractivity contribution in [3.63, 3.8) is 0 Å². The van der Waals surface area contributed by atoms with Crippen LogP contribution in [-0.2, 0) is 9.59 Å². The lowest BCUT2D eigenvalue weighted by molar-refractivity contribution is -0.137. The van der Waals surface area contributed by atoms with Gasteiger partial charge in [0.1, 0.15) is 5.01 Å². The van der Waals surface area contributed by atoms with Crippen molar-refractivity contribution in [1.29, 1.82) is 0 Å². The van der Waals surface area contributed by atoms with Crippen LogP contribution in [0.25, 0.3) is 0 Å². The zero-order chi connectivity index (χ0) is 16.2. The fourth-order valence-electron chi connectivity index (χ4n) is 3.90. The molecule has 0 radical (unpaired) electrons. The van der Waals surface area contributed by atoms with Crippen LogP contribution in [0.3, 0.4) is 0 Å². The molecule has 1 aromatic rings. The first-order chi connectivity index (χ1) is 11.1. The van der Waals surface area contributed by atoms with Gasteiger partial charge in [0.25, 0.3) is 0 Å². The molecular formula is C17H25N3O2S. The first kappa shape index (κ1) is 16.4. The number of thiazole rings is 1. The lowest BCUT2D eigenvalue weighted by atomic mass is 9.89. The Balaban J connectivity index is 1.70. The van der Waals surface area contributed by atoms with Gasteiger partial charge in [0.2, 0.25) is 11.8 Å². The van der Waals surface area contributed by atoms with Gasteiger partial charge >= 0.3 is 0 Å². The van der Waals surface area contributed by atoms with Gasteiger partial charge in [-0.15, -0.1) is 11.3 Å². The Hall–Kier alpha value is -1.43. The van der Waals surface area contributed by atoms with Crippen molar-refractivity contribution in [3.05, 3.63) is 16.6 Å². The second kappa shape index (κ2) is 7.43. The fraction of sp³-hybridized carbons (Fsp3) is 0.706. The topological polar surface area (TPSA) is 62.3 Å². The molecule has 6 heteroatoms. The molecule has 0 spiro atoms. The van der Waals surface area contributed by atoms with E-state index in [1.54, 1.807) is 24.5 Å². The first-order valence-corrected chi connectivity index (χ1v) is 9.48. The third-order valence-corrected chi connectivity index (χ3v) is 5.88. The standard InChI is InChI=1S/C17H25N3O2S/c1-12(21)19-15(16-18-8-10-23-16)14-7-4-9-20(11-14)17(22)13-5-2-3-6-13/h8,10,13-15H,2-7,9,11H2,1H3,(H,19,21)/t14-,15-/m0/s1. The number of piperidine rings is 1. The number of nitrogens with zero attached hydrogens (tertiary/aromatic N) is 2. The molecule has 2 atom stereocenters. The molecule has 1 aromatic heterocycles. The van der Waals surface area contributed by atoms with Crippen molar-refractivity contribution in [2.75, 3.05) is 13.1 Å². The number of carbonyl (C=O) groups excluding carboxylic acids is 2. The van der Waals surface area contributed by atoms with E-state index in [1.165, 1.54) is 12.8 Å². The second-order valence-corrected chi connectivity index (χ2v) is 7.64. The summed E-state index contributed by atoms with van der Waals surface area (Å²) in [7, 11) is 0. The molecule has 0 aromatic carbocycles. The van der Waals surface area contributed by atoms with E-state index in [0.717, 1.165) is 43.8 Å². The average molecular weight is 335 g/mol.